The molecule has 0 radical (unpaired) electrons. The van der Waals surface area contributed by atoms with Gasteiger partial charge in [-0.25, -0.2) is 9.59 Å². The Morgan fingerprint density at radius 3 is 2.21 bits per heavy atom. The van der Waals surface area contributed by atoms with Crippen molar-refractivity contribution < 1.29 is 24.5 Å². The molecule has 0 aromatic rings. The molecule has 0 aliphatic rings. The topological polar surface area (TPSA) is 90.3 Å². The highest BCUT2D eigenvalue weighted by molar-refractivity contribution is 5.66. The summed E-state index contributed by atoms with van der Waals surface area (Å²) < 4.78 is 5.04. The number of nitrogens with zero attached hydrogens (tertiary/aromatic N) is 2. The van der Waals surface area contributed by atoms with E-state index in [4.69, 9.17) is 9.84 Å². The Labute approximate surface area is 144 Å². The molecule has 2 amide bonds. The predicted octanol–water partition coefficient (Wildman–Crippen LogP) is 3.86. The minimum absolute atomic E-state index is 0.441. The number of hydrogen-bond acceptors (Lipinski definition) is 3. The predicted molar refractivity (Wildman–Crippen MR) is 93.3 cm³/mol. The molecule has 140 valence electrons. The number of unbranched alkanes of at least 4 members (excludes halogenated alkanes) is 3. The molecule has 0 fully saturated rings. The molecule has 0 atom stereocenters. The van der Waals surface area contributed by atoms with E-state index in [1.807, 2.05) is 13.8 Å². The van der Waals surface area contributed by atoms with Gasteiger partial charge in [0.1, 0.15) is 0 Å². The second-order valence-corrected chi connectivity index (χ2v) is 6.51. The fourth-order valence-corrected chi connectivity index (χ4v) is 2.51. The lowest BCUT2D eigenvalue weighted by Crippen LogP contribution is -2.47. The third-order valence-corrected chi connectivity index (χ3v) is 4.08. The number of carboxylic acid groups (broad SMARTS) is 2. The van der Waals surface area contributed by atoms with Crippen LogP contribution in [-0.4, -0.2) is 64.5 Å². The van der Waals surface area contributed by atoms with Gasteiger partial charge < -0.3 is 24.7 Å². The zero-order chi connectivity index (χ0) is 18.6. The number of ether oxygens (including phenoxy) is 1. The largest absolute Gasteiger partial charge is 0.502 e. The third-order valence-electron chi connectivity index (χ3n) is 4.08. The van der Waals surface area contributed by atoms with Gasteiger partial charge in [0, 0.05) is 25.7 Å². The Hall–Kier alpha value is -1.92. The summed E-state index contributed by atoms with van der Waals surface area (Å²) in [6.07, 6.45) is 4.36. The molecule has 0 spiro atoms. The van der Waals surface area contributed by atoms with Crippen molar-refractivity contribution >= 4 is 12.2 Å². The van der Waals surface area contributed by atoms with Crippen LogP contribution in [0.4, 0.5) is 9.59 Å². The molecule has 0 unspecified atom stereocenters. The molecule has 0 aliphatic carbocycles. The van der Waals surface area contributed by atoms with Gasteiger partial charge in [-0.2, -0.15) is 0 Å². The maximum atomic E-state index is 11.5. The molecular weight excluding hydrogens is 312 g/mol. The number of rotatable bonds is 13. The minimum atomic E-state index is -0.923. The van der Waals surface area contributed by atoms with Crippen molar-refractivity contribution in [2.24, 2.45) is 0 Å². The zero-order valence-corrected chi connectivity index (χ0v) is 15.2. The van der Waals surface area contributed by atoms with Crippen LogP contribution in [0.2, 0.25) is 0 Å². The van der Waals surface area contributed by atoms with Crippen LogP contribution in [0.15, 0.2) is 12.8 Å². The monoisotopic (exact) mass is 344 g/mol. The van der Waals surface area contributed by atoms with Crippen LogP contribution < -0.4 is 0 Å². The van der Waals surface area contributed by atoms with Gasteiger partial charge in [-0.1, -0.05) is 19.4 Å². The van der Waals surface area contributed by atoms with Crippen LogP contribution >= 0.6 is 0 Å². The SMILES string of the molecule is C=COCCCCN(C(=O)O)C(C)(C)CCCCCN(C)C(=O)O. The summed E-state index contributed by atoms with van der Waals surface area (Å²) >= 11 is 0. The molecule has 0 bridgehead atoms. The lowest BCUT2D eigenvalue weighted by Gasteiger charge is -2.37. The van der Waals surface area contributed by atoms with E-state index < -0.39 is 17.7 Å². The van der Waals surface area contributed by atoms with Crippen LogP contribution in [0.5, 0.6) is 0 Å². The summed E-state index contributed by atoms with van der Waals surface area (Å²) in [5.41, 5.74) is -0.441. The van der Waals surface area contributed by atoms with E-state index in [9.17, 15) is 14.7 Å². The smallest absolute Gasteiger partial charge is 0.407 e. The van der Waals surface area contributed by atoms with Gasteiger partial charge in [0.05, 0.1) is 12.9 Å². The van der Waals surface area contributed by atoms with Gasteiger partial charge >= 0.3 is 12.2 Å². The number of amides is 2. The van der Waals surface area contributed by atoms with Gasteiger partial charge in [-0.15, -0.1) is 0 Å². The Kier molecular flexibility index (Phi) is 10.7. The van der Waals surface area contributed by atoms with Crippen molar-refractivity contribution in [2.45, 2.75) is 57.9 Å². The molecule has 0 saturated carbocycles. The molecule has 7 nitrogen and oxygen atoms in total. The Morgan fingerprint density at radius 2 is 1.67 bits per heavy atom. The van der Waals surface area contributed by atoms with Crippen LogP contribution in [0, 0.1) is 0 Å². The molecule has 0 aromatic heterocycles. The first-order valence-corrected chi connectivity index (χ1v) is 8.39. The van der Waals surface area contributed by atoms with Crippen molar-refractivity contribution in [1.82, 2.24) is 9.80 Å². The summed E-state index contributed by atoms with van der Waals surface area (Å²) in [6.45, 7) is 8.87. The average molecular weight is 344 g/mol. The summed E-state index contributed by atoms with van der Waals surface area (Å²) in [4.78, 5) is 25.0. The standard InChI is InChI=1S/C17H32N2O5/c1-5-24-14-10-9-13-19(16(22)23)17(2,3)11-7-6-8-12-18(4)15(20)21/h5H,1,6-14H2,2-4H3,(H,20,21)(H,22,23). The van der Waals surface area contributed by atoms with E-state index in [-0.39, 0.29) is 0 Å². The first-order chi connectivity index (χ1) is 11.2. The molecule has 0 saturated heterocycles. The second-order valence-electron chi connectivity index (χ2n) is 6.51. The molecule has 2 N–H and O–H groups in total. The first-order valence-electron chi connectivity index (χ1n) is 8.39. The summed E-state index contributed by atoms with van der Waals surface area (Å²) in [5, 5.41) is 18.2. The maximum absolute atomic E-state index is 11.5. The molecule has 0 aliphatic heterocycles. The quantitative estimate of drug-likeness (QED) is 0.391. The van der Waals surface area contributed by atoms with E-state index in [0.29, 0.717) is 19.7 Å². The van der Waals surface area contributed by atoms with Crippen molar-refractivity contribution in [1.29, 1.82) is 0 Å². The van der Waals surface area contributed by atoms with Crippen molar-refractivity contribution in [3.8, 4) is 0 Å². The van der Waals surface area contributed by atoms with Crippen LogP contribution in [0.1, 0.15) is 52.4 Å². The van der Waals surface area contributed by atoms with E-state index in [0.717, 1.165) is 38.5 Å². The van der Waals surface area contributed by atoms with Crippen LogP contribution in [0.25, 0.3) is 0 Å². The fraction of sp³-hybridized carbons (Fsp3) is 0.765. The Morgan fingerprint density at radius 1 is 1.04 bits per heavy atom. The van der Waals surface area contributed by atoms with Crippen LogP contribution in [-0.2, 0) is 4.74 Å². The van der Waals surface area contributed by atoms with Gasteiger partial charge in [-0.3, -0.25) is 0 Å². The van der Waals surface area contributed by atoms with E-state index in [1.54, 1.807) is 7.05 Å². The molecule has 24 heavy (non-hydrogen) atoms. The van der Waals surface area contributed by atoms with Crippen LogP contribution in [0.3, 0.4) is 0 Å². The van der Waals surface area contributed by atoms with E-state index in [1.165, 1.54) is 16.1 Å². The summed E-state index contributed by atoms with van der Waals surface area (Å²) in [7, 11) is 1.55. The lowest BCUT2D eigenvalue weighted by atomic mass is 9.94. The highest BCUT2D eigenvalue weighted by atomic mass is 16.5. The van der Waals surface area contributed by atoms with Gasteiger partial charge in [0.2, 0.25) is 0 Å². The molecule has 0 rings (SSSR count). The average Bonchev–Trinajstić information content (AvgIpc) is 2.49. The Bertz CT molecular complexity index is 398. The van der Waals surface area contributed by atoms with Crippen molar-refractivity contribution in [2.75, 3.05) is 26.7 Å². The van der Waals surface area contributed by atoms with E-state index in [2.05, 4.69) is 6.58 Å². The van der Waals surface area contributed by atoms with Crippen molar-refractivity contribution in [3.63, 3.8) is 0 Å². The second kappa shape index (κ2) is 11.6. The normalized spacial score (nSPS) is 11.0. The molecule has 0 aromatic carbocycles. The van der Waals surface area contributed by atoms with Gasteiger partial charge in [0.25, 0.3) is 0 Å². The highest BCUT2D eigenvalue weighted by Crippen LogP contribution is 2.23. The fourth-order valence-electron chi connectivity index (χ4n) is 2.51. The molecule has 7 heteroatoms. The summed E-state index contributed by atoms with van der Waals surface area (Å²) in [6, 6.07) is 0. The third kappa shape index (κ3) is 9.27. The lowest BCUT2D eigenvalue weighted by molar-refractivity contribution is 0.0832. The van der Waals surface area contributed by atoms with Crippen molar-refractivity contribution in [3.05, 3.63) is 12.8 Å². The molecule has 0 heterocycles. The van der Waals surface area contributed by atoms with Gasteiger partial charge in [-0.05, 0) is 39.5 Å². The minimum Gasteiger partial charge on any atom is -0.502 e. The highest BCUT2D eigenvalue weighted by Gasteiger charge is 2.29. The number of hydrogen-bond donors (Lipinski definition) is 2. The van der Waals surface area contributed by atoms with Gasteiger partial charge in [0.15, 0.2) is 0 Å². The maximum Gasteiger partial charge on any atom is 0.407 e. The Balaban J connectivity index is 4.18. The zero-order valence-electron chi connectivity index (χ0n) is 15.2. The summed E-state index contributed by atoms with van der Waals surface area (Å²) in [5.74, 6) is 0. The number of carbonyl (C=O) groups is 2. The first kappa shape index (κ1) is 22.1. The van der Waals surface area contributed by atoms with E-state index >= 15 is 0 Å². The molecular formula is C17H32N2O5.